The molecule has 0 unspecified atom stereocenters. The van der Waals surface area contributed by atoms with E-state index in [1.807, 2.05) is 48.7 Å². The van der Waals surface area contributed by atoms with Crippen molar-refractivity contribution in [3.05, 3.63) is 53.6 Å². The van der Waals surface area contributed by atoms with Crippen molar-refractivity contribution < 1.29 is 14.3 Å². The van der Waals surface area contributed by atoms with Crippen molar-refractivity contribution in [1.82, 2.24) is 4.90 Å². The average Bonchev–Trinajstić information content (AvgIpc) is 2.67. The highest BCUT2D eigenvalue weighted by molar-refractivity contribution is 7.98. The zero-order valence-corrected chi connectivity index (χ0v) is 17.7. The number of methoxy groups -OCH3 is 2. The summed E-state index contributed by atoms with van der Waals surface area (Å²) in [7, 11) is 4.99. The van der Waals surface area contributed by atoms with Crippen molar-refractivity contribution in [3.63, 3.8) is 0 Å². The van der Waals surface area contributed by atoms with Crippen LogP contribution in [0.15, 0.2) is 47.4 Å². The van der Waals surface area contributed by atoms with Gasteiger partial charge in [0.05, 0.1) is 20.3 Å². The second kappa shape index (κ2) is 11.1. The van der Waals surface area contributed by atoms with Gasteiger partial charge >= 0.3 is 0 Å². The van der Waals surface area contributed by atoms with Crippen LogP contribution in [0.2, 0.25) is 0 Å². The third kappa shape index (κ3) is 6.06. The zero-order chi connectivity index (χ0) is 19.1. The van der Waals surface area contributed by atoms with Gasteiger partial charge in [-0.2, -0.15) is 0 Å². The van der Waals surface area contributed by atoms with E-state index in [-0.39, 0.29) is 18.3 Å². The number of carbonyl (C=O) groups is 1. The molecule has 0 saturated carbocycles. The molecule has 7 heteroatoms. The number of amides is 1. The van der Waals surface area contributed by atoms with Crippen LogP contribution in [0.25, 0.3) is 0 Å². The Kier molecular flexibility index (Phi) is 9.49. The summed E-state index contributed by atoms with van der Waals surface area (Å²) in [4.78, 5) is 15.4. The lowest BCUT2D eigenvalue weighted by molar-refractivity contribution is -0.131. The Morgan fingerprint density at radius 3 is 2.30 bits per heavy atom. The van der Waals surface area contributed by atoms with Crippen molar-refractivity contribution in [2.75, 3.05) is 27.5 Å². The molecule has 0 bridgehead atoms. The molecule has 27 heavy (non-hydrogen) atoms. The van der Waals surface area contributed by atoms with Crippen LogP contribution in [0.1, 0.15) is 11.1 Å². The van der Waals surface area contributed by atoms with Crippen LogP contribution in [0.4, 0.5) is 0 Å². The van der Waals surface area contributed by atoms with E-state index < -0.39 is 6.04 Å². The molecule has 2 N–H and O–H groups in total. The van der Waals surface area contributed by atoms with Gasteiger partial charge in [-0.15, -0.1) is 24.2 Å². The van der Waals surface area contributed by atoms with Gasteiger partial charge in [0.15, 0.2) is 11.5 Å². The van der Waals surface area contributed by atoms with Crippen molar-refractivity contribution in [1.29, 1.82) is 0 Å². The lowest BCUT2D eigenvalue weighted by Crippen LogP contribution is -2.42. The Balaban J connectivity index is 0.00000364. The first-order valence-electron chi connectivity index (χ1n) is 8.33. The van der Waals surface area contributed by atoms with Gasteiger partial charge in [0.25, 0.3) is 0 Å². The van der Waals surface area contributed by atoms with Crippen molar-refractivity contribution in [2.45, 2.75) is 23.9 Å². The number of nitrogens with zero attached hydrogens (tertiary/aromatic N) is 1. The highest BCUT2D eigenvalue weighted by Gasteiger charge is 2.20. The smallest absolute Gasteiger partial charge is 0.239 e. The first kappa shape index (κ1) is 23.1. The first-order chi connectivity index (χ1) is 12.5. The molecule has 2 rings (SSSR count). The van der Waals surface area contributed by atoms with Crippen LogP contribution in [-0.4, -0.2) is 44.4 Å². The Bertz CT molecular complexity index is 744. The number of carbonyl (C=O) groups excluding carboxylic acids is 1. The lowest BCUT2D eigenvalue weighted by Gasteiger charge is -2.23. The van der Waals surface area contributed by atoms with Crippen LogP contribution in [0.3, 0.4) is 0 Å². The minimum atomic E-state index is -0.569. The molecule has 0 aromatic heterocycles. The maximum atomic E-state index is 12.7. The van der Waals surface area contributed by atoms with Crippen LogP contribution in [-0.2, 0) is 17.8 Å². The fourth-order valence-electron chi connectivity index (χ4n) is 2.79. The van der Waals surface area contributed by atoms with E-state index >= 15 is 0 Å². The summed E-state index contributed by atoms with van der Waals surface area (Å²) < 4.78 is 10.7. The summed E-state index contributed by atoms with van der Waals surface area (Å²) in [6.07, 6.45) is 2.51. The van der Waals surface area contributed by atoms with Crippen molar-refractivity contribution in [2.24, 2.45) is 5.73 Å². The molecule has 2 aromatic carbocycles. The van der Waals surface area contributed by atoms with Gasteiger partial charge in [-0.05, 0) is 35.9 Å². The summed E-state index contributed by atoms with van der Waals surface area (Å²) in [5.74, 6) is 1.24. The molecular formula is C20H27ClN2O3S. The molecule has 0 fully saturated rings. The molecule has 0 heterocycles. The van der Waals surface area contributed by atoms with Crippen molar-refractivity contribution in [3.8, 4) is 11.5 Å². The minimum absolute atomic E-state index is 0. The van der Waals surface area contributed by atoms with Crippen molar-refractivity contribution >= 4 is 30.1 Å². The minimum Gasteiger partial charge on any atom is -0.493 e. The number of hydrogen-bond acceptors (Lipinski definition) is 5. The predicted molar refractivity (Wildman–Crippen MR) is 113 cm³/mol. The largest absolute Gasteiger partial charge is 0.493 e. The van der Waals surface area contributed by atoms with E-state index in [4.69, 9.17) is 15.2 Å². The fraction of sp³-hybridized carbons (Fsp3) is 0.350. The highest BCUT2D eigenvalue weighted by Crippen LogP contribution is 2.35. The van der Waals surface area contributed by atoms with E-state index in [0.29, 0.717) is 24.5 Å². The Labute approximate surface area is 171 Å². The lowest BCUT2D eigenvalue weighted by atomic mass is 10.1. The first-order valence-corrected chi connectivity index (χ1v) is 9.56. The van der Waals surface area contributed by atoms with Crippen LogP contribution < -0.4 is 15.2 Å². The maximum absolute atomic E-state index is 12.7. The third-order valence-electron chi connectivity index (χ3n) is 4.19. The summed E-state index contributed by atoms with van der Waals surface area (Å²) in [5.41, 5.74) is 8.19. The van der Waals surface area contributed by atoms with Gasteiger partial charge < -0.3 is 20.1 Å². The molecule has 0 aliphatic carbocycles. The number of nitrogens with two attached hydrogens (primary N) is 1. The van der Waals surface area contributed by atoms with Gasteiger partial charge in [-0.25, -0.2) is 0 Å². The monoisotopic (exact) mass is 410 g/mol. The van der Waals surface area contributed by atoms with Crippen LogP contribution in [0, 0.1) is 0 Å². The standard InChI is InChI=1S/C20H26N2O3S.ClH/c1-22(20(23)16(21)10-14-8-6-5-7-9-14)13-15-11-17(24-2)18(25-3)12-19(15)26-4;/h5-9,11-12,16H,10,13,21H2,1-4H3;1H/t16-;/m0./s1. The molecular weight excluding hydrogens is 384 g/mol. The van der Waals surface area contributed by atoms with Crippen LogP contribution >= 0.6 is 24.2 Å². The number of likely N-dealkylation sites (N-methyl/N-ethyl adjacent to an activating group) is 1. The molecule has 0 radical (unpaired) electrons. The number of benzene rings is 2. The summed E-state index contributed by atoms with van der Waals surface area (Å²) in [6.45, 7) is 0.456. The number of rotatable bonds is 8. The number of ether oxygens (including phenoxy) is 2. The predicted octanol–water partition coefficient (Wildman–Crippen LogP) is 3.38. The second-order valence-corrected chi connectivity index (χ2v) is 6.86. The fourth-order valence-corrected chi connectivity index (χ4v) is 3.40. The van der Waals surface area contributed by atoms with E-state index in [1.54, 1.807) is 37.9 Å². The third-order valence-corrected chi connectivity index (χ3v) is 5.01. The van der Waals surface area contributed by atoms with Gasteiger partial charge in [-0.3, -0.25) is 4.79 Å². The topological polar surface area (TPSA) is 64.8 Å². The molecule has 0 aliphatic heterocycles. The molecule has 2 aromatic rings. The average molecular weight is 411 g/mol. The second-order valence-electron chi connectivity index (χ2n) is 6.01. The van der Waals surface area contributed by atoms with E-state index in [1.165, 1.54) is 0 Å². The number of halogens is 1. The van der Waals surface area contributed by atoms with Gasteiger partial charge in [-0.1, -0.05) is 30.3 Å². The highest BCUT2D eigenvalue weighted by atomic mass is 35.5. The Hall–Kier alpha value is -1.89. The molecule has 1 atom stereocenters. The number of hydrogen-bond donors (Lipinski definition) is 1. The normalized spacial score (nSPS) is 11.3. The molecule has 0 spiro atoms. The molecule has 1 amide bonds. The van der Waals surface area contributed by atoms with Gasteiger partial charge in [0.2, 0.25) is 5.91 Å². The quantitative estimate of drug-likeness (QED) is 0.676. The van der Waals surface area contributed by atoms with Gasteiger partial charge in [0, 0.05) is 18.5 Å². The summed E-state index contributed by atoms with van der Waals surface area (Å²) >= 11 is 1.60. The molecule has 0 aliphatic rings. The Morgan fingerprint density at radius 2 is 1.74 bits per heavy atom. The Morgan fingerprint density at radius 1 is 1.15 bits per heavy atom. The van der Waals surface area contributed by atoms with E-state index in [2.05, 4.69) is 0 Å². The SMILES string of the molecule is COc1cc(CN(C)C(=O)[C@@H](N)Cc2ccccc2)c(SC)cc1OC.Cl. The molecule has 148 valence electrons. The maximum Gasteiger partial charge on any atom is 0.239 e. The van der Waals surface area contributed by atoms with Crippen LogP contribution in [0.5, 0.6) is 11.5 Å². The zero-order valence-electron chi connectivity index (χ0n) is 16.1. The van der Waals surface area contributed by atoms with Gasteiger partial charge in [0.1, 0.15) is 0 Å². The summed E-state index contributed by atoms with van der Waals surface area (Å²) in [6, 6.07) is 13.1. The van der Waals surface area contributed by atoms with E-state index in [0.717, 1.165) is 16.0 Å². The number of thioether (sulfide) groups is 1. The molecule has 5 nitrogen and oxygen atoms in total. The van der Waals surface area contributed by atoms with E-state index in [9.17, 15) is 4.79 Å². The summed E-state index contributed by atoms with van der Waals surface area (Å²) in [5, 5.41) is 0. The molecule has 0 saturated heterocycles.